The molecule has 250 valence electrons. The van der Waals surface area contributed by atoms with Gasteiger partial charge in [-0.2, -0.15) is 8.42 Å². The van der Waals surface area contributed by atoms with Crippen LogP contribution in [-0.2, 0) is 38.1 Å². The molecule has 0 aromatic heterocycles. The van der Waals surface area contributed by atoms with Gasteiger partial charge >= 0.3 is 5.97 Å². The largest absolute Gasteiger partial charge is 0.460 e. The Morgan fingerprint density at radius 1 is 1.09 bits per heavy atom. The first kappa shape index (κ1) is 34.0. The van der Waals surface area contributed by atoms with Crippen LogP contribution in [0.4, 0.5) is 0 Å². The number of fused-ring (bicyclic) bond motifs is 5. The molecule has 44 heavy (non-hydrogen) atoms. The Kier molecular flexibility index (Phi) is 8.16. The van der Waals surface area contributed by atoms with Gasteiger partial charge < -0.3 is 24.4 Å². The molecule has 5 rings (SSSR count). The van der Waals surface area contributed by atoms with Crippen molar-refractivity contribution in [2.45, 2.75) is 148 Å². The first-order valence-electron chi connectivity index (χ1n) is 16.1. The lowest BCUT2D eigenvalue weighted by atomic mass is 9.45. The third-order valence-electron chi connectivity index (χ3n) is 11.9. The zero-order chi connectivity index (χ0) is 32.9. The number of carbonyl (C=O) groups excluding carboxylic acids is 2. The molecular formula is C33H52O10S. The fourth-order valence-electron chi connectivity index (χ4n) is 10.1. The summed E-state index contributed by atoms with van der Waals surface area (Å²) in [5.41, 5.74) is -3.47. The van der Waals surface area contributed by atoms with Gasteiger partial charge in [0.15, 0.2) is 11.6 Å². The Morgan fingerprint density at radius 3 is 2.34 bits per heavy atom. The number of ether oxygens (including phenoxy) is 3. The van der Waals surface area contributed by atoms with Crippen molar-refractivity contribution in [2.24, 2.45) is 28.6 Å². The van der Waals surface area contributed by atoms with Gasteiger partial charge in [0, 0.05) is 18.3 Å². The normalized spacial score (nSPS) is 45.2. The van der Waals surface area contributed by atoms with E-state index in [-0.39, 0.29) is 36.6 Å². The summed E-state index contributed by atoms with van der Waals surface area (Å²) in [4.78, 5) is 25.8. The van der Waals surface area contributed by atoms with Crippen LogP contribution < -0.4 is 0 Å². The van der Waals surface area contributed by atoms with Crippen LogP contribution in [0.25, 0.3) is 0 Å². The minimum atomic E-state index is -3.87. The first-order chi connectivity index (χ1) is 19.9. The second-order valence-corrected chi connectivity index (χ2v) is 17.7. The molecule has 0 radical (unpaired) electrons. The molecule has 0 amide bonds. The van der Waals surface area contributed by atoms with E-state index < -0.39 is 67.6 Å². The summed E-state index contributed by atoms with van der Waals surface area (Å²) in [6.07, 6.45) is 4.54. The molecule has 0 spiro atoms. The van der Waals surface area contributed by atoms with E-state index in [0.29, 0.717) is 38.5 Å². The second-order valence-electron chi connectivity index (χ2n) is 16.1. The average Bonchev–Trinajstić information content (AvgIpc) is 3.26. The lowest BCUT2D eigenvalue weighted by Gasteiger charge is -2.61. The quantitative estimate of drug-likeness (QED) is 0.307. The van der Waals surface area contributed by atoms with Crippen molar-refractivity contribution in [3.8, 4) is 0 Å². The van der Waals surface area contributed by atoms with Crippen LogP contribution in [0.2, 0.25) is 0 Å². The average molecular weight is 641 g/mol. The summed E-state index contributed by atoms with van der Waals surface area (Å²) in [6, 6.07) is 0. The van der Waals surface area contributed by atoms with Gasteiger partial charge in [-0.15, -0.1) is 0 Å². The smallest absolute Gasteiger partial charge is 0.302 e. The van der Waals surface area contributed by atoms with Gasteiger partial charge in [0.05, 0.1) is 29.2 Å². The van der Waals surface area contributed by atoms with E-state index >= 15 is 0 Å². The van der Waals surface area contributed by atoms with Crippen LogP contribution in [0.5, 0.6) is 0 Å². The number of esters is 1. The van der Waals surface area contributed by atoms with Gasteiger partial charge in [0.1, 0.15) is 12.2 Å². The predicted octanol–water partition coefficient (Wildman–Crippen LogP) is 4.21. The molecule has 1 saturated heterocycles. The highest BCUT2D eigenvalue weighted by Crippen LogP contribution is 2.70. The molecule has 0 aromatic rings. The van der Waals surface area contributed by atoms with Gasteiger partial charge in [-0.25, -0.2) is 0 Å². The lowest BCUT2D eigenvalue weighted by molar-refractivity contribution is -0.192. The molecule has 2 N–H and O–H groups in total. The van der Waals surface area contributed by atoms with Crippen molar-refractivity contribution in [3.63, 3.8) is 0 Å². The molecule has 11 heteroatoms. The number of rotatable bonds is 7. The molecule has 1 aliphatic heterocycles. The third-order valence-corrected chi connectivity index (χ3v) is 12.5. The van der Waals surface area contributed by atoms with Gasteiger partial charge in [-0.05, 0) is 115 Å². The molecule has 0 bridgehead atoms. The Hall–Kier alpha value is -1.37. The van der Waals surface area contributed by atoms with Crippen molar-refractivity contribution in [1.29, 1.82) is 0 Å². The molecule has 4 fully saturated rings. The van der Waals surface area contributed by atoms with Crippen LogP contribution in [0.3, 0.4) is 0 Å². The fraction of sp³-hybridized carbons (Fsp3) is 0.879. The van der Waals surface area contributed by atoms with Crippen LogP contribution >= 0.6 is 0 Å². The molecule has 0 unspecified atom stereocenters. The van der Waals surface area contributed by atoms with E-state index in [9.17, 15) is 28.2 Å². The van der Waals surface area contributed by atoms with Crippen molar-refractivity contribution in [2.75, 3.05) is 6.26 Å². The summed E-state index contributed by atoms with van der Waals surface area (Å²) < 4.78 is 48.6. The van der Waals surface area contributed by atoms with Crippen LogP contribution in [0.1, 0.15) is 107 Å². The number of hydrogen-bond acceptors (Lipinski definition) is 10. The zero-order valence-electron chi connectivity index (χ0n) is 27.8. The number of ketones is 1. The van der Waals surface area contributed by atoms with E-state index in [1.54, 1.807) is 19.9 Å². The molecule has 10 atom stereocenters. The van der Waals surface area contributed by atoms with Crippen molar-refractivity contribution in [3.05, 3.63) is 11.6 Å². The van der Waals surface area contributed by atoms with Gasteiger partial charge in [0.2, 0.25) is 0 Å². The number of allylic oxidation sites excluding steroid dienone is 1. The highest BCUT2D eigenvalue weighted by molar-refractivity contribution is 7.86. The lowest BCUT2D eigenvalue weighted by Crippen LogP contribution is -2.63. The third kappa shape index (κ3) is 5.61. The topological polar surface area (TPSA) is 146 Å². The highest BCUT2D eigenvalue weighted by atomic mass is 32.2. The van der Waals surface area contributed by atoms with E-state index in [1.807, 2.05) is 20.8 Å². The van der Waals surface area contributed by atoms with Gasteiger partial charge in [-0.3, -0.25) is 13.8 Å². The SMILES string of the molecule is CC(=O)O[C@@H]1C[C@H]2C(=O)C=C3[C@H](CC[C@]4(C)[C@@H]([C@@]5(C)OC(C)(C)O[C@@H]5CCC(C)(C)O)CC[C@@]34O)[C@@]2(C)C[C@@H]1OS(C)(=O)=O. The molecule has 0 aromatic carbocycles. The minimum Gasteiger partial charge on any atom is -0.460 e. The van der Waals surface area contributed by atoms with Crippen LogP contribution in [-0.4, -0.2) is 77.5 Å². The van der Waals surface area contributed by atoms with Gasteiger partial charge in [0.25, 0.3) is 10.1 Å². The van der Waals surface area contributed by atoms with Crippen molar-refractivity contribution >= 4 is 21.9 Å². The summed E-state index contributed by atoms with van der Waals surface area (Å²) >= 11 is 0. The number of hydrogen-bond donors (Lipinski definition) is 2. The van der Waals surface area contributed by atoms with Crippen molar-refractivity contribution in [1.82, 2.24) is 0 Å². The van der Waals surface area contributed by atoms with Crippen LogP contribution in [0.15, 0.2) is 11.6 Å². The fourth-order valence-corrected chi connectivity index (χ4v) is 10.8. The van der Waals surface area contributed by atoms with E-state index in [2.05, 4.69) is 13.8 Å². The maximum Gasteiger partial charge on any atom is 0.302 e. The van der Waals surface area contributed by atoms with E-state index in [1.165, 1.54) is 6.92 Å². The standard InChI is InChI=1S/C33H52O10S/c1-19(34)40-24-17-22-23(35)16-21-20(30(22,6)18-25(24)42-44(9,38)39)10-14-31(7)26(11-15-33(21,31)37)32(8)27(12-13-28(2,3)36)41-29(4,5)43-32/h16,20,22,24-27,36-37H,10-15,17-18H2,1-9H3/t20-,22-,24+,25-,26-,27+,30+,31+,32+,33+/m0/s1. The Morgan fingerprint density at radius 2 is 1.75 bits per heavy atom. The highest BCUT2D eigenvalue weighted by Gasteiger charge is 2.71. The second kappa shape index (κ2) is 10.6. The molecule has 4 aliphatic carbocycles. The summed E-state index contributed by atoms with van der Waals surface area (Å²) in [5.74, 6) is -2.29. The number of aliphatic hydroxyl groups is 2. The van der Waals surface area contributed by atoms with Crippen LogP contribution in [0, 0.1) is 28.6 Å². The zero-order valence-corrected chi connectivity index (χ0v) is 28.6. The van der Waals surface area contributed by atoms with Crippen molar-refractivity contribution < 1.29 is 46.6 Å². The predicted molar refractivity (Wildman–Crippen MR) is 162 cm³/mol. The maximum atomic E-state index is 13.9. The monoisotopic (exact) mass is 640 g/mol. The molecular weight excluding hydrogens is 588 g/mol. The first-order valence-corrected chi connectivity index (χ1v) is 17.9. The number of carbonyl (C=O) groups is 2. The summed E-state index contributed by atoms with van der Waals surface area (Å²) in [6.45, 7) is 14.8. The maximum absolute atomic E-state index is 13.9. The summed E-state index contributed by atoms with van der Waals surface area (Å²) in [5, 5.41) is 23.3. The Labute approximate surface area is 262 Å². The van der Waals surface area contributed by atoms with E-state index in [4.69, 9.17) is 18.4 Å². The van der Waals surface area contributed by atoms with Gasteiger partial charge in [-0.1, -0.05) is 13.8 Å². The minimum absolute atomic E-state index is 0.0860. The van der Waals surface area contributed by atoms with E-state index in [0.717, 1.165) is 11.8 Å². The molecule has 5 aliphatic rings. The molecule has 3 saturated carbocycles. The summed E-state index contributed by atoms with van der Waals surface area (Å²) in [7, 11) is -3.87. The molecule has 1 heterocycles. The Bertz CT molecular complexity index is 1330. The Balaban J connectivity index is 1.50. The molecule has 10 nitrogen and oxygen atoms in total.